The molecule has 1 fully saturated rings. The number of urea groups is 1. The Morgan fingerprint density at radius 2 is 1.90 bits per heavy atom. The van der Waals surface area contributed by atoms with Crippen LogP contribution >= 0.6 is 27.3 Å². The van der Waals surface area contributed by atoms with E-state index in [2.05, 4.69) is 15.9 Å². The zero-order valence-electron chi connectivity index (χ0n) is 12.0. The summed E-state index contributed by atoms with van der Waals surface area (Å²) in [4.78, 5) is 40.8. The SMILES string of the molecule is CC(C)N1C(=O)C(=O)N(CN(C)Cc2ccc(Br)s2)C1=O. The van der Waals surface area contributed by atoms with Crippen molar-refractivity contribution in [1.29, 1.82) is 0 Å². The van der Waals surface area contributed by atoms with E-state index in [-0.39, 0.29) is 12.7 Å². The van der Waals surface area contributed by atoms with Gasteiger partial charge in [-0.2, -0.15) is 0 Å². The van der Waals surface area contributed by atoms with Crippen molar-refractivity contribution < 1.29 is 14.4 Å². The molecule has 0 saturated carbocycles. The van der Waals surface area contributed by atoms with Gasteiger partial charge in [0.25, 0.3) is 0 Å². The second-order valence-electron chi connectivity index (χ2n) is 5.15. The molecule has 0 aliphatic carbocycles. The molecule has 1 aliphatic heterocycles. The van der Waals surface area contributed by atoms with Crippen LogP contribution in [0.5, 0.6) is 0 Å². The number of nitrogens with zero attached hydrogens (tertiary/aromatic N) is 3. The standard InChI is InChI=1S/C13H16BrN3O3S/c1-8(2)17-12(19)11(18)16(13(17)20)7-15(3)6-9-4-5-10(14)21-9/h4-5,8H,6-7H2,1-3H3. The van der Waals surface area contributed by atoms with Crippen molar-refractivity contribution in [3.8, 4) is 0 Å². The summed E-state index contributed by atoms with van der Waals surface area (Å²) < 4.78 is 1.03. The first-order chi connectivity index (χ1) is 9.81. The minimum atomic E-state index is -0.757. The molecule has 1 saturated heterocycles. The van der Waals surface area contributed by atoms with Gasteiger partial charge in [-0.25, -0.2) is 9.69 Å². The molecule has 0 bridgehead atoms. The Labute approximate surface area is 135 Å². The maximum Gasteiger partial charge on any atom is 0.335 e. The minimum Gasteiger partial charge on any atom is -0.283 e. The number of hydrogen-bond donors (Lipinski definition) is 0. The van der Waals surface area contributed by atoms with E-state index in [1.54, 1.807) is 32.2 Å². The molecule has 4 amide bonds. The fraction of sp³-hybridized carbons (Fsp3) is 0.462. The average Bonchev–Trinajstić information content (AvgIpc) is 2.87. The van der Waals surface area contributed by atoms with Gasteiger partial charge in [0.2, 0.25) is 0 Å². The van der Waals surface area contributed by atoms with Crippen LogP contribution < -0.4 is 0 Å². The highest BCUT2D eigenvalue weighted by molar-refractivity contribution is 9.11. The molecule has 2 heterocycles. The second-order valence-corrected chi connectivity index (χ2v) is 7.69. The quantitative estimate of drug-likeness (QED) is 0.585. The molecule has 21 heavy (non-hydrogen) atoms. The van der Waals surface area contributed by atoms with Gasteiger partial charge >= 0.3 is 17.8 Å². The highest BCUT2D eigenvalue weighted by atomic mass is 79.9. The van der Waals surface area contributed by atoms with Crippen molar-refractivity contribution in [3.05, 3.63) is 20.8 Å². The lowest BCUT2D eigenvalue weighted by Crippen LogP contribution is -2.41. The lowest BCUT2D eigenvalue weighted by atomic mass is 10.3. The van der Waals surface area contributed by atoms with Crippen LogP contribution in [0.15, 0.2) is 15.9 Å². The number of carbonyl (C=O) groups is 3. The van der Waals surface area contributed by atoms with Crippen LogP contribution in [0.25, 0.3) is 0 Å². The normalized spacial score (nSPS) is 16.0. The maximum atomic E-state index is 12.1. The van der Waals surface area contributed by atoms with Gasteiger partial charge in [-0.3, -0.25) is 19.4 Å². The fourth-order valence-electron chi connectivity index (χ4n) is 2.10. The molecule has 0 unspecified atom stereocenters. The van der Waals surface area contributed by atoms with Crippen molar-refractivity contribution in [1.82, 2.24) is 14.7 Å². The van der Waals surface area contributed by atoms with E-state index >= 15 is 0 Å². The molecule has 8 heteroatoms. The van der Waals surface area contributed by atoms with Crippen molar-refractivity contribution in [2.75, 3.05) is 13.7 Å². The minimum absolute atomic E-state index is 0.0994. The summed E-state index contributed by atoms with van der Waals surface area (Å²) in [7, 11) is 1.80. The number of rotatable bonds is 5. The predicted octanol–water partition coefficient (Wildman–Crippen LogP) is 2.10. The van der Waals surface area contributed by atoms with Crippen LogP contribution in [0.1, 0.15) is 18.7 Å². The Kier molecular flexibility index (Phi) is 4.80. The van der Waals surface area contributed by atoms with Gasteiger partial charge in [-0.05, 0) is 49.0 Å². The molecule has 6 nitrogen and oxygen atoms in total. The molecular weight excluding hydrogens is 358 g/mol. The third-order valence-corrected chi connectivity index (χ3v) is 4.65. The Hall–Kier alpha value is -1.25. The summed E-state index contributed by atoms with van der Waals surface area (Å²) in [6, 6.07) is 3.06. The van der Waals surface area contributed by atoms with Crippen LogP contribution in [0.4, 0.5) is 4.79 Å². The Morgan fingerprint density at radius 1 is 1.24 bits per heavy atom. The van der Waals surface area contributed by atoms with Crippen LogP contribution in [-0.2, 0) is 16.1 Å². The van der Waals surface area contributed by atoms with Gasteiger partial charge in [0.15, 0.2) is 0 Å². The van der Waals surface area contributed by atoms with Crippen LogP contribution in [0.3, 0.4) is 0 Å². The molecule has 1 aliphatic rings. The Balaban J connectivity index is 2.03. The highest BCUT2D eigenvalue weighted by Gasteiger charge is 2.45. The van der Waals surface area contributed by atoms with Gasteiger partial charge in [-0.15, -0.1) is 11.3 Å². The molecular formula is C13H16BrN3O3S. The first kappa shape index (κ1) is 16.1. The summed E-state index contributed by atoms with van der Waals surface area (Å²) in [5, 5.41) is 0. The zero-order chi connectivity index (χ0) is 15.7. The van der Waals surface area contributed by atoms with Gasteiger partial charge in [0.1, 0.15) is 0 Å². The molecule has 0 N–H and O–H groups in total. The number of amides is 4. The van der Waals surface area contributed by atoms with E-state index in [0.717, 1.165) is 18.5 Å². The van der Waals surface area contributed by atoms with Crippen LogP contribution in [0.2, 0.25) is 0 Å². The number of hydrogen-bond acceptors (Lipinski definition) is 5. The van der Waals surface area contributed by atoms with Crippen molar-refractivity contribution in [3.63, 3.8) is 0 Å². The lowest BCUT2D eigenvalue weighted by molar-refractivity contribution is -0.144. The van der Waals surface area contributed by atoms with Gasteiger partial charge in [0, 0.05) is 17.5 Å². The smallest absolute Gasteiger partial charge is 0.283 e. The maximum absolute atomic E-state index is 12.1. The van der Waals surface area contributed by atoms with Gasteiger partial charge < -0.3 is 0 Å². The first-order valence-electron chi connectivity index (χ1n) is 6.43. The summed E-state index contributed by atoms with van der Waals surface area (Å²) in [5.41, 5.74) is 0. The predicted molar refractivity (Wildman–Crippen MR) is 82.6 cm³/mol. The zero-order valence-corrected chi connectivity index (χ0v) is 14.4. The number of carbonyl (C=O) groups excluding carboxylic acids is 3. The van der Waals surface area contributed by atoms with Gasteiger partial charge in [0.05, 0.1) is 10.5 Å². The van der Waals surface area contributed by atoms with E-state index in [4.69, 9.17) is 0 Å². The van der Waals surface area contributed by atoms with Crippen LogP contribution in [0, 0.1) is 0 Å². The first-order valence-corrected chi connectivity index (χ1v) is 8.04. The topological polar surface area (TPSA) is 60.9 Å². The number of thiophene rings is 1. The van der Waals surface area contributed by atoms with Crippen molar-refractivity contribution in [2.45, 2.75) is 26.4 Å². The summed E-state index contributed by atoms with van der Waals surface area (Å²) >= 11 is 4.98. The van der Waals surface area contributed by atoms with Gasteiger partial charge in [-0.1, -0.05) is 0 Å². The molecule has 2 rings (SSSR count). The third kappa shape index (κ3) is 3.33. The second kappa shape index (κ2) is 6.25. The van der Waals surface area contributed by atoms with E-state index in [1.807, 2.05) is 17.0 Å². The molecule has 0 atom stereocenters. The Morgan fingerprint density at radius 3 is 2.38 bits per heavy atom. The molecule has 0 radical (unpaired) electrons. The highest BCUT2D eigenvalue weighted by Crippen LogP contribution is 2.23. The molecule has 114 valence electrons. The monoisotopic (exact) mass is 373 g/mol. The summed E-state index contributed by atoms with van der Waals surface area (Å²) in [5.74, 6) is -1.50. The lowest BCUT2D eigenvalue weighted by Gasteiger charge is -2.23. The van der Waals surface area contributed by atoms with Crippen LogP contribution in [-0.4, -0.2) is 52.3 Å². The van der Waals surface area contributed by atoms with E-state index in [0.29, 0.717) is 6.54 Å². The van der Waals surface area contributed by atoms with Crippen molar-refractivity contribution >= 4 is 45.1 Å². The van der Waals surface area contributed by atoms with E-state index < -0.39 is 17.8 Å². The summed E-state index contributed by atoms with van der Waals surface area (Å²) in [6.45, 7) is 4.12. The van der Waals surface area contributed by atoms with Crippen molar-refractivity contribution in [2.24, 2.45) is 0 Å². The Bertz CT molecular complexity index is 587. The largest absolute Gasteiger partial charge is 0.335 e. The fourth-order valence-corrected chi connectivity index (χ4v) is 3.66. The molecule has 0 aromatic carbocycles. The molecule has 1 aromatic heterocycles. The third-order valence-electron chi connectivity index (χ3n) is 3.04. The summed E-state index contributed by atoms with van der Waals surface area (Å²) in [6.07, 6.45) is 0. The molecule has 1 aromatic rings. The number of imide groups is 2. The van der Waals surface area contributed by atoms with E-state index in [1.165, 1.54) is 0 Å². The molecule has 0 spiro atoms. The average molecular weight is 374 g/mol. The van der Waals surface area contributed by atoms with E-state index in [9.17, 15) is 14.4 Å². The number of halogens is 1.